The first kappa shape index (κ1) is 23.3. The van der Waals surface area contributed by atoms with E-state index in [2.05, 4.69) is 27.4 Å². The van der Waals surface area contributed by atoms with Crippen LogP contribution in [0.25, 0.3) is 0 Å². The van der Waals surface area contributed by atoms with Crippen LogP contribution >= 0.6 is 11.8 Å². The van der Waals surface area contributed by atoms with Crippen molar-refractivity contribution in [2.45, 2.75) is 95.9 Å². The Bertz CT molecular complexity index is 1060. The van der Waals surface area contributed by atoms with E-state index in [0.29, 0.717) is 12.2 Å². The minimum atomic E-state index is -1.44. The summed E-state index contributed by atoms with van der Waals surface area (Å²) in [6, 6.07) is 0. The van der Waals surface area contributed by atoms with Crippen LogP contribution in [0.4, 0.5) is 0 Å². The van der Waals surface area contributed by atoms with Gasteiger partial charge >= 0.3 is 0 Å². The van der Waals surface area contributed by atoms with Crippen LogP contribution in [0.2, 0.25) is 0 Å². The van der Waals surface area contributed by atoms with E-state index < -0.39 is 34.6 Å². The number of rotatable bonds is 2. The smallest absolute Gasteiger partial charge is 0.213 e. The third-order valence-corrected chi connectivity index (χ3v) is 11.6. The average Bonchev–Trinajstić information content (AvgIpc) is 2.90. The molecule has 0 aromatic rings. The van der Waals surface area contributed by atoms with Gasteiger partial charge < -0.3 is 24.1 Å². The number of carbonyl (C=O) groups excluding carboxylic acids is 1. The van der Waals surface area contributed by atoms with Crippen LogP contribution in [-0.2, 0) is 23.7 Å². The van der Waals surface area contributed by atoms with Gasteiger partial charge in [-0.3, -0.25) is 4.79 Å². The Labute approximate surface area is 212 Å². The standard InChI is InChI=1S/C28H38O6S/c1-7-35-18-11-8-15-12-24(3,4)19-21(30)28-27-17(26(19,13-31-28)22(15)32-18)10-9-16(14(2)20(27)29)23(27)33-25(5,6)34-28/h16-19,21,23,30H,2,7-13H2,1,3-6H3/t16-,17-,18+,19+,21-,23?,26-,27-,28?/m0/s1. The predicted octanol–water partition coefficient (Wildman–Crippen LogP) is 4.57. The van der Waals surface area contributed by atoms with Crippen molar-refractivity contribution in [3.63, 3.8) is 0 Å². The van der Waals surface area contributed by atoms with Crippen LogP contribution in [0.15, 0.2) is 23.5 Å². The molecule has 4 aliphatic heterocycles. The number of hydrogen-bond acceptors (Lipinski definition) is 7. The highest BCUT2D eigenvalue weighted by atomic mass is 32.2. The number of ether oxygens (including phenoxy) is 4. The van der Waals surface area contributed by atoms with Gasteiger partial charge in [-0.2, -0.15) is 0 Å². The largest absolute Gasteiger partial charge is 0.483 e. The van der Waals surface area contributed by atoms with E-state index in [4.69, 9.17) is 18.9 Å². The number of Topliss-reactive ketones (excluding diaryl/α,β-unsaturated/α-hetero) is 1. The van der Waals surface area contributed by atoms with Crippen molar-refractivity contribution >= 4 is 17.5 Å². The van der Waals surface area contributed by atoms with Crippen LogP contribution in [0.3, 0.4) is 0 Å². The zero-order chi connectivity index (χ0) is 24.8. The lowest BCUT2D eigenvalue weighted by molar-refractivity contribution is -0.526. The minimum absolute atomic E-state index is 0.0251. The summed E-state index contributed by atoms with van der Waals surface area (Å²) in [5, 5.41) is 12.4. The molecule has 0 aromatic carbocycles. The van der Waals surface area contributed by atoms with Crippen molar-refractivity contribution in [1.82, 2.24) is 0 Å². The molecule has 35 heavy (non-hydrogen) atoms. The lowest BCUT2D eigenvalue weighted by Gasteiger charge is -2.77. The SMILES string of the molecule is C=C1C(=O)[C@@]23C4OC(C)(C)OC25OC[C@]2(C6=C(CC[C@@H](SCC)O6)CC(C)(C)[C@H]2[C@@H]5O)[C@@H]3CC[C@@H]14. The topological polar surface area (TPSA) is 74.2 Å². The van der Waals surface area contributed by atoms with Gasteiger partial charge in [0.15, 0.2) is 11.6 Å². The maximum Gasteiger partial charge on any atom is 0.213 e. The Hall–Kier alpha value is -0.860. The van der Waals surface area contributed by atoms with E-state index in [-0.39, 0.29) is 34.4 Å². The highest BCUT2D eigenvalue weighted by Gasteiger charge is 2.90. The summed E-state index contributed by atoms with van der Waals surface area (Å²) < 4.78 is 26.9. The first-order chi connectivity index (χ1) is 16.5. The summed E-state index contributed by atoms with van der Waals surface area (Å²) in [6.45, 7) is 15.1. The number of fused-ring (bicyclic) bond motifs is 1. The molecule has 4 aliphatic carbocycles. The fourth-order valence-electron chi connectivity index (χ4n) is 9.95. The van der Waals surface area contributed by atoms with Crippen LogP contribution in [0, 0.1) is 34.0 Å². The van der Waals surface area contributed by atoms with Crippen LogP contribution < -0.4 is 0 Å². The minimum Gasteiger partial charge on any atom is -0.483 e. The molecule has 0 aromatic heterocycles. The monoisotopic (exact) mass is 502 g/mol. The molecule has 0 amide bonds. The fraction of sp³-hybridized carbons (Fsp3) is 0.821. The van der Waals surface area contributed by atoms with Crippen LogP contribution in [-0.4, -0.2) is 52.5 Å². The third-order valence-electron chi connectivity index (χ3n) is 10.6. The lowest BCUT2D eigenvalue weighted by Crippen LogP contribution is -2.87. The molecule has 6 nitrogen and oxygen atoms in total. The quantitative estimate of drug-likeness (QED) is 0.555. The average molecular weight is 503 g/mol. The zero-order valence-electron chi connectivity index (χ0n) is 21.5. The Balaban J connectivity index is 1.51. The molecule has 3 saturated carbocycles. The van der Waals surface area contributed by atoms with Gasteiger partial charge in [-0.05, 0) is 74.2 Å². The van der Waals surface area contributed by atoms with Crippen LogP contribution in [0.1, 0.15) is 66.7 Å². The highest BCUT2D eigenvalue weighted by Crippen LogP contribution is 2.80. The Kier molecular flexibility index (Phi) is 4.50. The molecule has 2 unspecified atom stereocenters. The molecular formula is C28H38O6S. The predicted molar refractivity (Wildman–Crippen MR) is 131 cm³/mol. The van der Waals surface area contributed by atoms with E-state index in [1.165, 1.54) is 5.57 Å². The molecule has 4 heterocycles. The Morgan fingerprint density at radius 1 is 1.17 bits per heavy atom. The van der Waals surface area contributed by atoms with Gasteiger partial charge in [0.2, 0.25) is 5.79 Å². The number of allylic oxidation sites excluding steroid dienone is 1. The fourth-order valence-corrected chi connectivity index (χ4v) is 10.8. The second-order valence-electron chi connectivity index (χ2n) is 13.1. The van der Waals surface area contributed by atoms with E-state index in [0.717, 1.165) is 43.6 Å². The van der Waals surface area contributed by atoms with Gasteiger partial charge in [0.25, 0.3) is 0 Å². The number of thioether (sulfide) groups is 1. The van der Waals surface area contributed by atoms with Crippen molar-refractivity contribution in [3.05, 3.63) is 23.5 Å². The van der Waals surface area contributed by atoms with E-state index in [1.54, 1.807) is 0 Å². The second kappa shape index (κ2) is 6.76. The molecule has 0 radical (unpaired) electrons. The first-order valence-corrected chi connectivity index (χ1v) is 14.5. The second-order valence-corrected chi connectivity index (χ2v) is 14.5. The highest BCUT2D eigenvalue weighted by molar-refractivity contribution is 7.99. The summed E-state index contributed by atoms with van der Waals surface area (Å²) in [6.07, 6.45) is 3.22. The van der Waals surface area contributed by atoms with Crippen molar-refractivity contribution in [2.24, 2.45) is 34.0 Å². The molecule has 192 valence electrons. The maximum atomic E-state index is 14.3. The molecular weight excluding hydrogens is 464 g/mol. The van der Waals surface area contributed by atoms with Crippen molar-refractivity contribution in [1.29, 1.82) is 0 Å². The molecule has 4 bridgehead atoms. The van der Waals surface area contributed by atoms with Crippen molar-refractivity contribution in [3.8, 4) is 0 Å². The Morgan fingerprint density at radius 3 is 2.69 bits per heavy atom. The molecule has 6 fully saturated rings. The summed E-state index contributed by atoms with van der Waals surface area (Å²) in [5.74, 6) is -0.736. The number of aliphatic hydroxyl groups is 1. The molecule has 3 saturated heterocycles. The number of ketones is 1. The zero-order valence-corrected chi connectivity index (χ0v) is 22.3. The van der Waals surface area contributed by atoms with E-state index in [9.17, 15) is 9.90 Å². The van der Waals surface area contributed by atoms with E-state index >= 15 is 0 Å². The van der Waals surface area contributed by atoms with Gasteiger partial charge in [-0.1, -0.05) is 27.4 Å². The van der Waals surface area contributed by atoms with Gasteiger partial charge in [-0.25, -0.2) is 0 Å². The van der Waals surface area contributed by atoms with Gasteiger partial charge in [0.1, 0.15) is 22.7 Å². The third kappa shape index (κ3) is 2.38. The van der Waals surface area contributed by atoms with Crippen molar-refractivity contribution < 1.29 is 28.8 Å². The number of carbonyl (C=O) groups is 1. The summed E-state index contributed by atoms with van der Waals surface area (Å²) >= 11 is 1.84. The number of aliphatic hydroxyl groups excluding tert-OH is 1. The molecule has 9 atom stereocenters. The first-order valence-electron chi connectivity index (χ1n) is 13.4. The molecule has 8 rings (SSSR count). The van der Waals surface area contributed by atoms with Crippen molar-refractivity contribution in [2.75, 3.05) is 12.4 Å². The summed E-state index contributed by atoms with van der Waals surface area (Å²) in [5.41, 5.74) is 0.183. The van der Waals surface area contributed by atoms with E-state index in [1.807, 2.05) is 25.6 Å². The van der Waals surface area contributed by atoms with Gasteiger partial charge in [0, 0.05) is 11.8 Å². The maximum absolute atomic E-state index is 14.3. The molecule has 8 aliphatic rings. The summed E-state index contributed by atoms with van der Waals surface area (Å²) in [4.78, 5) is 14.3. The normalized spacial score (nSPS) is 52.5. The number of hydrogen-bond donors (Lipinski definition) is 1. The van der Waals surface area contributed by atoms with Crippen LogP contribution in [0.5, 0.6) is 0 Å². The molecule has 7 heteroatoms. The lowest BCUT2D eigenvalue weighted by atomic mass is 9.36. The van der Waals surface area contributed by atoms with Gasteiger partial charge in [0.05, 0.1) is 18.1 Å². The molecule has 1 N–H and O–H groups in total. The summed E-state index contributed by atoms with van der Waals surface area (Å²) in [7, 11) is 0. The van der Waals surface area contributed by atoms with Gasteiger partial charge in [-0.15, -0.1) is 11.8 Å². The Morgan fingerprint density at radius 2 is 1.94 bits per heavy atom. The molecule has 3 spiro atoms.